The van der Waals surface area contributed by atoms with Crippen molar-refractivity contribution >= 4 is 17.6 Å². The average Bonchev–Trinajstić information content (AvgIpc) is 2.69. The molecule has 3 N–H and O–H groups in total. The highest BCUT2D eigenvalue weighted by molar-refractivity contribution is 6.04. The summed E-state index contributed by atoms with van der Waals surface area (Å²) in [5.41, 5.74) is 2.83. The number of aryl methyl sites for hydroxylation is 2. The predicted octanol–water partition coefficient (Wildman–Crippen LogP) is 2.58. The topological polar surface area (TPSA) is 82.2 Å². The lowest BCUT2D eigenvalue weighted by Gasteiger charge is -2.05. The third-order valence-corrected chi connectivity index (χ3v) is 2.74. The van der Waals surface area contributed by atoms with Gasteiger partial charge in [-0.1, -0.05) is 6.07 Å². The zero-order valence-corrected chi connectivity index (χ0v) is 10.7. The van der Waals surface area contributed by atoms with Crippen molar-refractivity contribution < 1.29 is 14.7 Å². The smallest absolute Gasteiger partial charge is 0.335 e. The normalized spacial score (nSPS) is 10.2. The van der Waals surface area contributed by atoms with Crippen LogP contribution in [0.25, 0.3) is 0 Å². The van der Waals surface area contributed by atoms with Gasteiger partial charge in [-0.05, 0) is 43.7 Å². The van der Waals surface area contributed by atoms with Crippen molar-refractivity contribution in [1.29, 1.82) is 0 Å². The monoisotopic (exact) mass is 258 g/mol. The largest absolute Gasteiger partial charge is 0.478 e. The molecule has 0 saturated carbocycles. The summed E-state index contributed by atoms with van der Waals surface area (Å²) < 4.78 is 0. The number of carboxylic acid groups (broad SMARTS) is 1. The Bertz CT molecular complexity index is 644. The molecule has 2 rings (SSSR count). The average molecular weight is 258 g/mol. The van der Waals surface area contributed by atoms with Gasteiger partial charge in [-0.15, -0.1) is 0 Å². The molecule has 0 fully saturated rings. The van der Waals surface area contributed by atoms with Gasteiger partial charge in [0.2, 0.25) is 0 Å². The van der Waals surface area contributed by atoms with Crippen LogP contribution in [0.3, 0.4) is 0 Å². The number of amides is 1. The van der Waals surface area contributed by atoms with Gasteiger partial charge in [-0.25, -0.2) is 4.79 Å². The number of H-pyrrole nitrogens is 1. The zero-order valence-electron chi connectivity index (χ0n) is 10.7. The number of carbonyl (C=O) groups is 2. The van der Waals surface area contributed by atoms with Crippen LogP contribution in [0, 0.1) is 13.8 Å². The van der Waals surface area contributed by atoms with Crippen LogP contribution in [0.5, 0.6) is 0 Å². The highest BCUT2D eigenvalue weighted by atomic mass is 16.4. The number of aromatic amines is 1. The SMILES string of the molecule is Cc1cc(C)c(C(=O)Nc2cccc(C(=O)O)c2)[nH]1. The molecule has 98 valence electrons. The number of rotatable bonds is 3. The lowest BCUT2D eigenvalue weighted by molar-refractivity contribution is 0.0696. The molecule has 0 bridgehead atoms. The number of nitrogens with one attached hydrogen (secondary N) is 2. The Morgan fingerprint density at radius 3 is 2.53 bits per heavy atom. The predicted molar refractivity (Wildman–Crippen MR) is 71.6 cm³/mol. The number of carbonyl (C=O) groups excluding carboxylic acids is 1. The number of hydrogen-bond donors (Lipinski definition) is 3. The molecule has 1 heterocycles. The number of aromatic carboxylic acids is 1. The zero-order chi connectivity index (χ0) is 14.0. The van der Waals surface area contributed by atoms with Gasteiger partial charge in [-0.3, -0.25) is 4.79 Å². The van der Waals surface area contributed by atoms with E-state index >= 15 is 0 Å². The molecule has 0 spiro atoms. The molecule has 0 radical (unpaired) electrons. The van der Waals surface area contributed by atoms with E-state index in [2.05, 4.69) is 10.3 Å². The van der Waals surface area contributed by atoms with Crippen LogP contribution in [-0.4, -0.2) is 22.0 Å². The molecule has 1 aromatic heterocycles. The summed E-state index contributed by atoms with van der Waals surface area (Å²) in [7, 11) is 0. The van der Waals surface area contributed by atoms with Crippen molar-refractivity contribution in [3.63, 3.8) is 0 Å². The van der Waals surface area contributed by atoms with Gasteiger partial charge < -0.3 is 15.4 Å². The first-order valence-corrected chi connectivity index (χ1v) is 5.78. The molecule has 0 aliphatic heterocycles. The number of anilines is 1. The Kier molecular flexibility index (Phi) is 3.37. The highest BCUT2D eigenvalue weighted by Crippen LogP contribution is 2.14. The van der Waals surface area contributed by atoms with Crippen LogP contribution in [0.1, 0.15) is 32.1 Å². The van der Waals surface area contributed by atoms with Crippen molar-refractivity contribution in [3.8, 4) is 0 Å². The maximum atomic E-state index is 12.0. The van der Waals surface area contributed by atoms with E-state index in [9.17, 15) is 9.59 Å². The standard InChI is InChI=1S/C14H14N2O3/c1-8-6-9(2)15-12(8)13(17)16-11-5-3-4-10(7-11)14(18)19/h3-7,15H,1-2H3,(H,16,17)(H,18,19). The summed E-state index contributed by atoms with van der Waals surface area (Å²) in [6.45, 7) is 3.71. The van der Waals surface area contributed by atoms with Crippen molar-refractivity contribution in [1.82, 2.24) is 4.98 Å². The summed E-state index contributed by atoms with van der Waals surface area (Å²) in [5, 5.41) is 11.6. The first-order chi connectivity index (χ1) is 8.97. The molecule has 0 unspecified atom stereocenters. The Morgan fingerprint density at radius 2 is 1.95 bits per heavy atom. The molecule has 1 aromatic carbocycles. The number of benzene rings is 1. The molecular formula is C14H14N2O3. The van der Waals surface area contributed by atoms with E-state index < -0.39 is 5.97 Å². The molecular weight excluding hydrogens is 244 g/mol. The first-order valence-electron chi connectivity index (χ1n) is 5.78. The lowest BCUT2D eigenvalue weighted by Crippen LogP contribution is -2.14. The van der Waals surface area contributed by atoms with E-state index in [0.29, 0.717) is 11.4 Å². The van der Waals surface area contributed by atoms with E-state index in [4.69, 9.17) is 5.11 Å². The number of hydrogen-bond acceptors (Lipinski definition) is 2. The first kappa shape index (κ1) is 12.9. The lowest BCUT2D eigenvalue weighted by atomic mass is 10.2. The van der Waals surface area contributed by atoms with Crippen LogP contribution in [0.2, 0.25) is 0 Å². The van der Waals surface area contributed by atoms with Gasteiger partial charge >= 0.3 is 5.97 Å². The maximum absolute atomic E-state index is 12.0. The number of carboxylic acids is 1. The quantitative estimate of drug-likeness (QED) is 0.791. The van der Waals surface area contributed by atoms with Gasteiger partial charge in [0.05, 0.1) is 5.56 Å². The van der Waals surface area contributed by atoms with Crippen molar-refractivity contribution in [2.24, 2.45) is 0 Å². The van der Waals surface area contributed by atoms with Crippen molar-refractivity contribution in [3.05, 3.63) is 52.8 Å². The Balaban J connectivity index is 2.21. The molecule has 5 heteroatoms. The minimum Gasteiger partial charge on any atom is -0.478 e. The van der Waals surface area contributed by atoms with E-state index in [1.54, 1.807) is 12.1 Å². The Morgan fingerprint density at radius 1 is 1.21 bits per heavy atom. The van der Waals surface area contributed by atoms with Gasteiger partial charge in [0, 0.05) is 11.4 Å². The minimum atomic E-state index is -1.03. The van der Waals surface area contributed by atoms with Gasteiger partial charge in [0.25, 0.3) is 5.91 Å². The Labute approximate surface area is 110 Å². The summed E-state index contributed by atoms with van der Waals surface area (Å²) in [6.07, 6.45) is 0. The van der Waals surface area contributed by atoms with E-state index in [-0.39, 0.29) is 11.5 Å². The maximum Gasteiger partial charge on any atom is 0.335 e. The van der Waals surface area contributed by atoms with Crippen molar-refractivity contribution in [2.45, 2.75) is 13.8 Å². The second-order valence-corrected chi connectivity index (χ2v) is 4.35. The summed E-state index contributed by atoms with van der Waals surface area (Å²) in [6, 6.07) is 8.01. The fourth-order valence-corrected chi connectivity index (χ4v) is 1.89. The fraction of sp³-hybridized carbons (Fsp3) is 0.143. The summed E-state index contributed by atoms with van der Waals surface area (Å²) >= 11 is 0. The second kappa shape index (κ2) is 4.97. The number of aromatic nitrogens is 1. The third-order valence-electron chi connectivity index (χ3n) is 2.74. The van der Waals surface area contributed by atoms with Crippen molar-refractivity contribution in [2.75, 3.05) is 5.32 Å². The fourth-order valence-electron chi connectivity index (χ4n) is 1.89. The van der Waals surface area contributed by atoms with Gasteiger partial charge in [-0.2, -0.15) is 0 Å². The van der Waals surface area contributed by atoms with Gasteiger partial charge in [0.15, 0.2) is 0 Å². The van der Waals surface area contributed by atoms with Gasteiger partial charge in [0.1, 0.15) is 5.69 Å². The van der Waals surface area contributed by atoms with E-state index in [1.807, 2.05) is 19.9 Å². The van der Waals surface area contributed by atoms with Crippen LogP contribution in [0.15, 0.2) is 30.3 Å². The molecule has 1 amide bonds. The van der Waals surface area contributed by atoms with Crippen LogP contribution >= 0.6 is 0 Å². The summed E-state index contributed by atoms with van der Waals surface area (Å²) in [5.74, 6) is -1.31. The molecule has 19 heavy (non-hydrogen) atoms. The van der Waals surface area contributed by atoms with Crippen LogP contribution < -0.4 is 5.32 Å². The summed E-state index contributed by atoms with van der Waals surface area (Å²) in [4.78, 5) is 25.9. The molecule has 0 atom stereocenters. The highest BCUT2D eigenvalue weighted by Gasteiger charge is 2.12. The molecule has 0 aliphatic rings. The van der Waals surface area contributed by atoms with Crippen LogP contribution in [0.4, 0.5) is 5.69 Å². The molecule has 5 nitrogen and oxygen atoms in total. The Hall–Kier alpha value is -2.56. The van der Waals surface area contributed by atoms with E-state index in [1.165, 1.54) is 12.1 Å². The second-order valence-electron chi connectivity index (χ2n) is 4.35. The minimum absolute atomic E-state index is 0.136. The third kappa shape index (κ3) is 2.82. The molecule has 0 aliphatic carbocycles. The molecule has 2 aromatic rings. The van der Waals surface area contributed by atoms with E-state index in [0.717, 1.165) is 11.3 Å². The molecule has 0 saturated heterocycles. The van der Waals surface area contributed by atoms with Crippen LogP contribution in [-0.2, 0) is 0 Å².